The van der Waals surface area contributed by atoms with Crippen molar-refractivity contribution in [3.63, 3.8) is 0 Å². The van der Waals surface area contributed by atoms with Crippen LogP contribution >= 0.6 is 11.3 Å². The van der Waals surface area contributed by atoms with Crippen LogP contribution in [0.25, 0.3) is 10.8 Å². The van der Waals surface area contributed by atoms with Gasteiger partial charge in [-0.25, -0.2) is 4.68 Å². The van der Waals surface area contributed by atoms with Crippen molar-refractivity contribution in [2.75, 3.05) is 0 Å². The first kappa shape index (κ1) is 10.9. The molecule has 92 valence electrons. The highest BCUT2D eigenvalue weighted by Crippen LogP contribution is 2.20. The summed E-state index contributed by atoms with van der Waals surface area (Å²) in [6.07, 6.45) is 4.69. The van der Waals surface area contributed by atoms with Crippen molar-refractivity contribution in [2.24, 2.45) is 5.73 Å². The van der Waals surface area contributed by atoms with Crippen LogP contribution < -0.4 is 5.73 Å². The first-order valence-corrected chi connectivity index (χ1v) is 5.99. The van der Waals surface area contributed by atoms with Gasteiger partial charge in [-0.1, -0.05) is 0 Å². The summed E-state index contributed by atoms with van der Waals surface area (Å²) in [6, 6.07) is 0. The standard InChI is InChI=1S/C10H9N5O2S/c11-8(17)6-3-12-15(4-6)9-7(5-16)14-1-2-18-10(14)13-9/h1-4,16H,5H2,(H2,11,17). The van der Waals surface area contributed by atoms with E-state index in [1.165, 1.54) is 28.4 Å². The molecule has 0 aliphatic rings. The smallest absolute Gasteiger partial charge is 0.251 e. The van der Waals surface area contributed by atoms with E-state index in [-0.39, 0.29) is 6.61 Å². The molecule has 3 rings (SSSR count). The maximum atomic E-state index is 11.0. The van der Waals surface area contributed by atoms with Gasteiger partial charge in [-0.3, -0.25) is 9.20 Å². The monoisotopic (exact) mass is 263 g/mol. The molecule has 3 aromatic heterocycles. The van der Waals surface area contributed by atoms with E-state index < -0.39 is 5.91 Å². The van der Waals surface area contributed by atoms with Crippen LogP contribution in [0.15, 0.2) is 24.0 Å². The van der Waals surface area contributed by atoms with E-state index in [1.807, 2.05) is 11.6 Å². The number of primary amides is 1. The zero-order valence-corrected chi connectivity index (χ0v) is 9.96. The molecule has 18 heavy (non-hydrogen) atoms. The lowest BCUT2D eigenvalue weighted by Gasteiger charge is -1.99. The fourth-order valence-corrected chi connectivity index (χ4v) is 2.45. The summed E-state index contributed by atoms with van der Waals surface area (Å²) >= 11 is 1.45. The zero-order chi connectivity index (χ0) is 12.7. The molecule has 3 aromatic rings. The lowest BCUT2D eigenvalue weighted by Crippen LogP contribution is -2.09. The van der Waals surface area contributed by atoms with Gasteiger partial charge in [0.25, 0.3) is 5.91 Å². The van der Waals surface area contributed by atoms with Crippen LogP contribution in [0, 0.1) is 0 Å². The number of nitrogens with two attached hydrogens (primary N) is 1. The van der Waals surface area contributed by atoms with Crippen molar-refractivity contribution in [2.45, 2.75) is 6.61 Å². The fraction of sp³-hybridized carbons (Fsp3) is 0.100. The van der Waals surface area contributed by atoms with Gasteiger partial charge in [0.05, 0.1) is 24.1 Å². The number of rotatable bonds is 3. The molecule has 0 saturated carbocycles. The normalized spacial score (nSPS) is 11.2. The molecule has 0 fully saturated rings. The molecule has 0 saturated heterocycles. The molecule has 1 amide bonds. The Morgan fingerprint density at radius 2 is 2.39 bits per heavy atom. The number of carbonyl (C=O) groups excluding carboxylic acids is 1. The van der Waals surface area contributed by atoms with Gasteiger partial charge in [0.1, 0.15) is 0 Å². The van der Waals surface area contributed by atoms with Gasteiger partial charge >= 0.3 is 0 Å². The van der Waals surface area contributed by atoms with Gasteiger partial charge in [0, 0.05) is 17.8 Å². The topological polar surface area (TPSA) is 98.4 Å². The molecule has 0 bridgehead atoms. The average Bonchev–Trinajstić information content (AvgIpc) is 3.02. The van der Waals surface area contributed by atoms with Crippen LogP contribution in [0.1, 0.15) is 16.1 Å². The highest BCUT2D eigenvalue weighted by atomic mass is 32.1. The summed E-state index contributed by atoms with van der Waals surface area (Å²) in [5.74, 6) is -0.0512. The molecule has 7 nitrogen and oxygen atoms in total. The Morgan fingerprint density at radius 1 is 1.56 bits per heavy atom. The van der Waals surface area contributed by atoms with E-state index in [2.05, 4.69) is 10.1 Å². The zero-order valence-electron chi connectivity index (χ0n) is 9.15. The van der Waals surface area contributed by atoms with Gasteiger partial charge in [0.15, 0.2) is 10.8 Å². The number of hydrogen-bond donors (Lipinski definition) is 2. The summed E-state index contributed by atoms with van der Waals surface area (Å²) in [4.78, 5) is 16.1. The van der Waals surface area contributed by atoms with Crippen molar-refractivity contribution >= 4 is 22.2 Å². The fourth-order valence-electron chi connectivity index (χ4n) is 1.72. The van der Waals surface area contributed by atoms with Crippen molar-refractivity contribution in [1.29, 1.82) is 0 Å². The number of imidazole rings is 1. The third kappa shape index (κ3) is 1.50. The van der Waals surface area contributed by atoms with E-state index in [4.69, 9.17) is 5.73 Å². The second-order valence-corrected chi connectivity index (χ2v) is 4.51. The predicted octanol–water partition coefficient (Wildman–Crippen LogP) is 0.173. The van der Waals surface area contributed by atoms with E-state index >= 15 is 0 Å². The number of hydrogen-bond acceptors (Lipinski definition) is 5. The van der Waals surface area contributed by atoms with Crippen molar-refractivity contribution < 1.29 is 9.90 Å². The Bertz CT molecular complexity index is 726. The van der Waals surface area contributed by atoms with Crippen molar-refractivity contribution in [3.05, 3.63) is 35.2 Å². The summed E-state index contributed by atoms with van der Waals surface area (Å²) in [7, 11) is 0. The van der Waals surface area contributed by atoms with Crippen molar-refractivity contribution in [1.82, 2.24) is 19.2 Å². The van der Waals surface area contributed by atoms with Gasteiger partial charge in [-0.15, -0.1) is 11.3 Å². The lowest BCUT2D eigenvalue weighted by molar-refractivity contribution is 0.100. The van der Waals surface area contributed by atoms with Gasteiger partial charge in [-0.05, 0) is 0 Å². The molecule has 0 aromatic carbocycles. The van der Waals surface area contributed by atoms with Gasteiger partial charge < -0.3 is 10.8 Å². The Hall–Kier alpha value is -2.19. The minimum atomic E-state index is -0.548. The second-order valence-electron chi connectivity index (χ2n) is 3.63. The maximum Gasteiger partial charge on any atom is 0.251 e. The van der Waals surface area contributed by atoms with E-state index in [0.29, 0.717) is 17.1 Å². The van der Waals surface area contributed by atoms with Crippen LogP contribution in [0.3, 0.4) is 0 Å². The molecule has 0 radical (unpaired) electrons. The molecule has 0 spiro atoms. The third-order valence-corrected chi connectivity index (χ3v) is 3.33. The number of carbonyl (C=O) groups is 1. The quantitative estimate of drug-likeness (QED) is 0.703. The first-order chi connectivity index (χ1) is 8.70. The largest absolute Gasteiger partial charge is 0.390 e. The number of aromatic nitrogens is 4. The molecule has 0 aliphatic heterocycles. The minimum absolute atomic E-state index is 0.168. The Balaban J connectivity index is 2.17. The molecular weight excluding hydrogens is 254 g/mol. The van der Waals surface area contributed by atoms with Crippen LogP contribution in [0.2, 0.25) is 0 Å². The molecule has 0 aliphatic carbocycles. The average molecular weight is 263 g/mol. The highest BCUT2D eigenvalue weighted by Gasteiger charge is 2.15. The summed E-state index contributed by atoms with van der Waals surface area (Å²) in [6.45, 7) is -0.168. The van der Waals surface area contributed by atoms with Crippen molar-refractivity contribution in [3.8, 4) is 5.82 Å². The molecule has 3 heterocycles. The minimum Gasteiger partial charge on any atom is -0.390 e. The maximum absolute atomic E-state index is 11.0. The molecule has 8 heteroatoms. The molecule has 0 atom stereocenters. The van der Waals surface area contributed by atoms with E-state index in [9.17, 15) is 9.90 Å². The number of aliphatic hydroxyl groups excluding tert-OH is 1. The van der Waals surface area contributed by atoms with Crippen LogP contribution in [-0.2, 0) is 6.61 Å². The molecule has 0 unspecified atom stereocenters. The van der Waals surface area contributed by atoms with Crippen LogP contribution in [-0.4, -0.2) is 30.2 Å². The third-order valence-electron chi connectivity index (χ3n) is 2.57. The second kappa shape index (κ2) is 3.93. The lowest BCUT2D eigenvalue weighted by atomic mass is 10.3. The number of amides is 1. The van der Waals surface area contributed by atoms with Gasteiger partial charge in [0.2, 0.25) is 0 Å². The number of thiazole rings is 1. The van der Waals surface area contributed by atoms with Crippen LogP contribution in [0.4, 0.5) is 0 Å². The Kier molecular flexibility index (Phi) is 2.39. The predicted molar refractivity (Wildman–Crippen MR) is 64.6 cm³/mol. The number of fused-ring (bicyclic) bond motifs is 1. The summed E-state index contributed by atoms with van der Waals surface area (Å²) in [5, 5.41) is 15.3. The van der Waals surface area contributed by atoms with Gasteiger partial charge in [-0.2, -0.15) is 10.1 Å². The molecule has 3 N–H and O–H groups in total. The highest BCUT2D eigenvalue weighted by molar-refractivity contribution is 7.15. The SMILES string of the molecule is NC(=O)c1cnn(-c2nc3sccn3c2CO)c1. The number of aliphatic hydroxyl groups is 1. The summed E-state index contributed by atoms with van der Waals surface area (Å²) < 4.78 is 3.22. The van der Waals surface area contributed by atoms with Crippen LogP contribution in [0.5, 0.6) is 0 Å². The van der Waals surface area contributed by atoms with E-state index in [0.717, 1.165) is 4.96 Å². The summed E-state index contributed by atoms with van der Waals surface area (Å²) in [5.41, 5.74) is 6.08. The first-order valence-electron chi connectivity index (χ1n) is 5.11. The Labute approximate surface area is 105 Å². The number of nitrogens with zero attached hydrogens (tertiary/aromatic N) is 4. The van der Waals surface area contributed by atoms with E-state index in [1.54, 1.807) is 4.40 Å². The Morgan fingerprint density at radius 3 is 3.06 bits per heavy atom. The molecular formula is C10H9N5O2S.